The van der Waals surface area contributed by atoms with Crippen molar-refractivity contribution in [3.8, 4) is 17.2 Å². The molecule has 4 aromatic carbocycles. The second kappa shape index (κ2) is 63.6. The van der Waals surface area contributed by atoms with Crippen molar-refractivity contribution in [2.45, 2.75) is 134 Å². The van der Waals surface area contributed by atoms with E-state index in [0.29, 0.717) is 5.88 Å². The highest BCUT2D eigenvalue weighted by Crippen LogP contribution is 3.16. The number of aryl methyl sites for hydroxylation is 1. The molecule has 142 heavy (non-hydrogen) atoms. The highest BCUT2D eigenvalue weighted by molar-refractivity contribution is 9.23. The third-order valence-corrected chi connectivity index (χ3v) is 90.2. The number of aliphatic hydroxyl groups is 12. The maximum Gasteiger partial charge on any atom is 0.508 e. The summed E-state index contributed by atoms with van der Waals surface area (Å²) in [4.78, 5) is 160. The molecule has 2 heterocycles. The van der Waals surface area contributed by atoms with Crippen LogP contribution in [0.3, 0.4) is 0 Å². The molecule has 9 atom stereocenters. The van der Waals surface area contributed by atoms with Crippen LogP contribution in [0.15, 0.2) is 97.1 Å². The summed E-state index contributed by atoms with van der Waals surface area (Å²) in [6.07, 6.45) is -2.25. The Balaban J connectivity index is 0.00000210. The van der Waals surface area contributed by atoms with Gasteiger partial charge in [-0.3, -0.25) is 47.9 Å². The molecule has 0 saturated carbocycles. The lowest BCUT2D eigenvalue weighted by Gasteiger charge is -2.32. The van der Waals surface area contributed by atoms with Crippen molar-refractivity contribution in [2.75, 3.05) is 132 Å². The van der Waals surface area contributed by atoms with Crippen LogP contribution in [0.1, 0.15) is 125 Å². The van der Waals surface area contributed by atoms with Gasteiger partial charge in [-0.1, -0.05) is 91.9 Å². The molecule has 2 aliphatic rings. The van der Waals surface area contributed by atoms with Crippen molar-refractivity contribution >= 4 is 224 Å². The Bertz CT molecular complexity index is 4450. The van der Waals surface area contributed by atoms with Gasteiger partial charge in [0.05, 0.1) is 79.3 Å². The van der Waals surface area contributed by atoms with Gasteiger partial charge in [-0.05, 0) is 177 Å². The monoisotopic (exact) mass is 2310 g/mol. The minimum absolute atomic E-state index is 0. The molecule has 4 aromatic rings. The summed E-state index contributed by atoms with van der Waals surface area (Å²) < 4.78 is 71.9. The van der Waals surface area contributed by atoms with Gasteiger partial charge in [0.25, 0.3) is 0 Å². The molecule has 0 amide bonds. The molecule has 6 rings (SSSR count). The van der Waals surface area contributed by atoms with Crippen molar-refractivity contribution in [3.63, 3.8) is 0 Å². The molecule has 0 spiro atoms. The molecular formula is C87H135ClO39P12S3. The second-order valence-corrected chi connectivity index (χ2v) is 81.9. The summed E-state index contributed by atoms with van der Waals surface area (Å²) in [5, 5.41) is 114. The highest BCUT2D eigenvalue weighted by Gasteiger charge is 2.49. The number of hydrogen-bond donors (Lipinski definition) is 12. The molecule has 2 saturated heterocycles. The van der Waals surface area contributed by atoms with Crippen LogP contribution in [-0.4, -0.2) is 283 Å². The van der Waals surface area contributed by atoms with E-state index < -0.39 is 268 Å². The van der Waals surface area contributed by atoms with Gasteiger partial charge in [0.2, 0.25) is 0 Å². The Labute approximate surface area is 870 Å². The summed E-state index contributed by atoms with van der Waals surface area (Å²) in [6, 6.07) is 26.7. The topological polar surface area (TPSA) is 594 Å². The van der Waals surface area contributed by atoms with Crippen molar-refractivity contribution in [1.29, 1.82) is 0 Å². The van der Waals surface area contributed by atoms with Crippen LogP contribution >= 0.6 is 134 Å². The van der Waals surface area contributed by atoms with Crippen LogP contribution in [0.25, 0.3) is 0 Å². The first-order valence-electron chi connectivity index (χ1n) is 42.3. The largest absolute Gasteiger partial charge is 0.508 e. The standard InChI is InChI=1S/C45H64O20.C22H32O10.C14H15ClO5.C6H8O4.H12P12S.2H2S/c1-39(2,29-9-13-31(14-10-29)64-37(58)44(7,25-60-33(54)40(3,17-46)18-47)26-61-34(55)41(4,19-48)20-49)30-11-15-32(16-12-30)65-38(59)45(8,27-62-35(56)42(5,21-50)22-51)28-63-36(57)43(6,23-52)24-53;1-15-5-7-16(8-6-15)32-19(29)22(4,13-30-17(27)20(2,9-23)10-24)14-31-18(28)21(3,11-25)12-26;1-14(8-19-13(17)20-9-14)12(16)18-7-11-4-2-10(6-15)3-5-11;1-3-5(7)10-4(2)6(8)9-3;1-8(2)11(7-13)12(9(3)4)10(5)6;;/h9-16,46-53H,17-28H2,1-8H3;5-8,23-26H,9-14H2,1-4H3;2-5H,6-9H2,1H3;3-4H,1-2H3;1-6H2;2*1H2/t;;;3-,4+;;;. The zero-order valence-corrected chi connectivity index (χ0v) is 97.1. The third kappa shape index (κ3) is 41.0. The average Bonchev–Trinajstić information content (AvgIpc) is 0.789. The number of carbonyl (C=O) groups excluding carboxylic acids is 13. The van der Waals surface area contributed by atoms with Crippen molar-refractivity contribution in [2.24, 2.45) is 54.1 Å². The lowest BCUT2D eigenvalue weighted by molar-refractivity contribution is -0.191. The molecule has 39 nitrogen and oxygen atoms in total. The number of cyclic esters (lactones) is 4. The Morgan fingerprint density at radius 3 is 0.838 bits per heavy atom. The Kier molecular flexibility index (Phi) is 61.6. The fourth-order valence-electron chi connectivity index (χ4n) is 10.1. The molecule has 2 fully saturated rings. The van der Waals surface area contributed by atoms with E-state index in [4.69, 9.17) is 80.3 Å². The summed E-state index contributed by atoms with van der Waals surface area (Å²) in [5.74, 6) is -9.65. The van der Waals surface area contributed by atoms with E-state index in [1.54, 1.807) is 55.5 Å². The molecule has 802 valence electrons. The maximum atomic E-state index is 13.7. The first-order chi connectivity index (χ1) is 65.1. The highest BCUT2D eigenvalue weighted by atomic mass is 35.5. The predicted octanol–water partition coefficient (Wildman–Crippen LogP) is 9.80. The number of hydrogen-bond acceptors (Lipinski definition) is 40. The van der Waals surface area contributed by atoms with Gasteiger partial charge < -0.3 is 128 Å². The van der Waals surface area contributed by atoms with Crippen molar-refractivity contribution < 1.29 is 190 Å². The number of rotatable bonds is 47. The summed E-state index contributed by atoms with van der Waals surface area (Å²) in [6.45, 7) is 9.04. The molecular weight excluding hydrogens is 2170 g/mol. The van der Waals surface area contributed by atoms with Crippen LogP contribution < -0.4 is 14.2 Å². The van der Waals surface area contributed by atoms with Gasteiger partial charge in [-0.2, -0.15) is 27.0 Å². The van der Waals surface area contributed by atoms with E-state index in [1.807, 2.05) is 45.0 Å². The summed E-state index contributed by atoms with van der Waals surface area (Å²) in [7, 11) is 19.1. The molecule has 0 bridgehead atoms. The SMILES string of the molecule is CC(CO)(CO)C(=O)OCC(C)(COC(=O)C(C)(CO)CO)C(=O)Oc1ccc(C(C)(C)c2ccc(OC(=O)C(C)(COC(=O)C(C)(CO)CO)COC(=O)C(C)(CO)CO)cc2)cc1.CC1(C(=O)OCc2ccc(CCl)cc2)COC(=O)OC1.C[C@@H]1OC(=O)[C@@H](C)OC1=O.Cc1ccc(OC(=O)C(C)(COC(=O)C(C)(CO)CO)COC(=O)C(C)(CO)CO)cc1.PP(P)P(P=S)P(P(P)P)P(P)P.S.S. The average molecular weight is 2310 g/mol. The molecule has 0 aromatic heterocycles. The molecule has 7 unspecified atom stereocenters. The van der Waals surface area contributed by atoms with E-state index in [9.17, 15) is 124 Å². The third-order valence-electron chi connectivity index (χ3n) is 21.7. The number of benzene rings is 4. The zero-order chi connectivity index (χ0) is 107. The predicted molar refractivity (Wildman–Crippen MR) is 567 cm³/mol. The van der Waals surface area contributed by atoms with Gasteiger partial charge in [0, 0.05) is 25.3 Å². The van der Waals surface area contributed by atoms with Crippen LogP contribution in [0, 0.1) is 61.1 Å². The summed E-state index contributed by atoms with van der Waals surface area (Å²) in [5.41, 5.74) is -12.9. The zero-order valence-electron chi connectivity index (χ0n) is 81.3. The van der Waals surface area contributed by atoms with E-state index in [-0.39, 0.29) is 99.0 Å². The van der Waals surface area contributed by atoms with Crippen LogP contribution in [-0.2, 0) is 139 Å². The lowest BCUT2D eigenvalue weighted by atomic mass is 9.78. The van der Waals surface area contributed by atoms with Crippen molar-refractivity contribution in [3.05, 3.63) is 125 Å². The second-order valence-electron chi connectivity index (χ2n) is 35.9. The molecule has 2 aliphatic heterocycles. The van der Waals surface area contributed by atoms with E-state index in [0.717, 1.165) is 27.8 Å². The number of halogens is 1. The molecule has 55 heteroatoms. The van der Waals surface area contributed by atoms with Crippen LogP contribution in [0.4, 0.5) is 4.79 Å². The number of esters is 12. The number of alkyl halides is 1. The molecule has 12 N–H and O–H groups in total. The van der Waals surface area contributed by atoms with Gasteiger partial charge >= 0.3 is 77.8 Å². The fourth-order valence-corrected chi connectivity index (χ4v) is 124. The van der Waals surface area contributed by atoms with Crippen LogP contribution in [0.5, 0.6) is 17.2 Å². The normalized spacial score (nSPS) is 14.7. The van der Waals surface area contributed by atoms with Gasteiger partial charge in [0.15, 0.2) is 12.2 Å². The van der Waals surface area contributed by atoms with E-state index in [2.05, 4.69) is 63.0 Å². The minimum Gasteiger partial charge on any atom is -0.464 e. The Morgan fingerprint density at radius 1 is 0.387 bits per heavy atom. The van der Waals surface area contributed by atoms with Crippen molar-refractivity contribution in [1.82, 2.24) is 0 Å². The Morgan fingerprint density at radius 2 is 0.627 bits per heavy atom. The maximum absolute atomic E-state index is 13.7. The summed E-state index contributed by atoms with van der Waals surface area (Å²) >= 11 is 11.0. The first kappa shape index (κ1) is 138. The fraction of sp³-hybridized carbons (Fsp3) is 0.575. The number of aliphatic hydroxyl groups excluding tert-OH is 12. The van der Waals surface area contributed by atoms with Crippen LogP contribution in [0.2, 0.25) is 0 Å². The van der Waals surface area contributed by atoms with E-state index >= 15 is 0 Å². The number of ether oxygens (including phenoxy) is 14. The quantitative estimate of drug-likeness (QED) is 0.00643. The van der Waals surface area contributed by atoms with E-state index in [1.165, 1.54) is 107 Å². The number of carbonyl (C=O) groups is 13. The van der Waals surface area contributed by atoms with Gasteiger partial charge in [-0.25, -0.2) is 14.4 Å². The van der Waals surface area contributed by atoms with Gasteiger partial charge in [-0.15, -0.1) is 65.2 Å². The van der Waals surface area contributed by atoms with Gasteiger partial charge in [0.1, 0.15) is 131 Å². The smallest absolute Gasteiger partial charge is 0.464 e. The lowest BCUT2D eigenvalue weighted by Crippen LogP contribution is -2.46. The molecule has 0 radical (unpaired) electrons. The minimum atomic E-state index is -1.86. The molecule has 0 aliphatic carbocycles. The first-order valence-corrected chi connectivity index (χ1v) is 64.7. The Hall–Kier alpha value is -4.45.